The van der Waals surface area contributed by atoms with Crippen molar-refractivity contribution in [1.29, 1.82) is 0 Å². The molecule has 2 amide bonds. The highest BCUT2D eigenvalue weighted by Gasteiger charge is 2.24. The van der Waals surface area contributed by atoms with Crippen LogP contribution in [-0.2, 0) is 32.5 Å². The number of aryl methyl sites for hydroxylation is 2. The van der Waals surface area contributed by atoms with Crippen molar-refractivity contribution in [2.24, 2.45) is 0 Å². The van der Waals surface area contributed by atoms with Gasteiger partial charge in [-0.15, -0.1) is 0 Å². The summed E-state index contributed by atoms with van der Waals surface area (Å²) >= 11 is 0. The van der Waals surface area contributed by atoms with Gasteiger partial charge in [0, 0.05) is 18.8 Å². The molecule has 1 aliphatic heterocycles. The lowest BCUT2D eigenvalue weighted by Gasteiger charge is -2.29. The summed E-state index contributed by atoms with van der Waals surface area (Å²) in [5, 5.41) is 5.16. The third-order valence-electron chi connectivity index (χ3n) is 4.80. The Hall–Kier alpha value is -2.87. The highest BCUT2D eigenvalue weighted by Crippen LogP contribution is 2.31. The molecule has 2 N–H and O–H groups in total. The van der Waals surface area contributed by atoms with E-state index in [0.717, 1.165) is 37.5 Å². The number of hydrogen-bond donors (Lipinski definition) is 2. The minimum absolute atomic E-state index is 0.392. The third kappa shape index (κ3) is 5.57. The van der Waals surface area contributed by atoms with Gasteiger partial charge in [-0.1, -0.05) is 36.4 Å². The molecule has 0 spiro atoms. The zero-order valence-corrected chi connectivity index (χ0v) is 17.2. The maximum Gasteiger partial charge on any atom is 0.313 e. The van der Waals surface area contributed by atoms with Crippen molar-refractivity contribution in [3.63, 3.8) is 0 Å². The maximum absolute atomic E-state index is 12.2. The number of amides is 2. The van der Waals surface area contributed by atoms with Crippen LogP contribution in [-0.4, -0.2) is 39.6 Å². The van der Waals surface area contributed by atoms with Gasteiger partial charge in [0.2, 0.25) is 10.0 Å². The number of hydrogen-bond acceptors (Lipinski definition) is 4. The molecule has 0 bridgehead atoms. The summed E-state index contributed by atoms with van der Waals surface area (Å²) in [4.78, 5) is 24.2. The molecular formula is C21H25N3O4S. The summed E-state index contributed by atoms with van der Waals surface area (Å²) in [5.74, 6) is -1.48. The van der Waals surface area contributed by atoms with Gasteiger partial charge in [0.25, 0.3) is 0 Å². The molecule has 8 heteroatoms. The van der Waals surface area contributed by atoms with E-state index in [9.17, 15) is 18.0 Å². The van der Waals surface area contributed by atoms with Crippen LogP contribution in [0.1, 0.15) is 24.0 Å². The van der Waals surface area contributed by atoms with E-state index < -0.39 is 21.8 Å². The van der Waals surface area contributed by atoms with Gasteiger partial charge in [-0.2, -0.15) is 0 Å². The molecule has 0 atom stereocenters. The van der Waals surface area contributed by atoms with Crippen LogP contribution >= 0.6 is 0 Å². The average molecular weight is 416 g/mol. The van der Waals surface area contributed by atoms with Crippen LogP contribution in [0, 0.1) is 0 Å². The van der Waals surface area contributed by atoms with Gasteiger partial charge in [-0.05, 0) is 48.9 Å². The number of sulfonamides is 1. The van der Waals surface area contributed by atoms with Gasteiger partial charge in [0.15, 0.2) is 0 Å². The molecule has 1 aliphatic rings. The number of nitrogens with one attached hydrogen (secondary N) is 2. The van der Waals surface area contributed by atoms with E-state index in [1.54, 1.807) is 18.2 Å². The largest absolute Gasteiger partial charge is 0.348 e. The zero-order valence-electron chi connectivity index (χ0n) is 16.3. The lowest BCUT2D eigenvalue weighted by molar-refractivity contribution is -0.136. The summed E-state index contributed by atoms with van der Waals surface area (Å²) in [6.45, 7) is 0.804. The molecular weight excluding hydrogens is 390 g/mol. The lowest BCUT2D eigenvalue weighted by atomic mass is 10.0. The van der Waals surface area contributed by atoms with Gasteiger partial charge in [-0.3, -0.25) is 13.9 Å². The maximum atomic E-state index is 12.2. The van der Waals surface area contributed by atoms with Crippen LogP contribution in [0.3, 0.4) is 0 Å². The van der Waals surface area contributed by atoms with Gasteiger partial charge in [0.1, 0.15) is 0 Å². The first-order valence-electron chi connectivity index (χ1n) is 9.58. The van der Waals surface area contributed by atoms with Crippen LogP contribution in [0.25, 0.3) is 0 Å². The summed E-state index contributed by atoms with van der Waals surface area (Å²) in [5.41, 5.74) is 3.03. The first-order valence-corrected chi connectivity index (χ1v) is 11.4. The normalized spacial score (nSPS) is 13.5. The number of anilines is 2. The van der Waals surface area contributed by atoms with Crippen LogP contribution in [0.4, 0.5) is 11.4 Å². The van der Waals surface area contributed by atoms with E-state index in [1.165, 1.54) is 9.87 Å². The molecule has 7 nitrogen and oxygen atoms in total. The Kier molecular flexibility index (Phi) is 6.53. The van der Waals surface area contributed by atoms with Crippen molar-refractivity contribution in [2.75, 3.05) is 29.0 Å². The van der Waals surface area contributed by atoms with E-state index >= 15 is 0 Å². The fourth-order valence-electron chi connectivity index (χ4n) is 3.37. The van der Waals surface area contributed by atoms with Crippen LogP contribution < -0.4 is 14.9 Å². The number of carbonyl (C=O) groups excluding carboxylic acids is 2. The fraction of sp³-hybridized carbons (Fsp3) is 0.333. The third-order valence-corrected chi connectivity index (χ3v) is 5.98. The summed E-state index contributed by atoms with van der Waals surface area (Å²) in [6.07, 6.45) is 4.23. The average Bonchev–Trinajstić information content (AvgIpc) is 2.70. The van der Waals surface area contributed by atoms with E-state index in [4.69, 9.17) is 0 Å². The Morgan fingerprint density at radius 1 is 1.07 bits per heavy atom. The highest BCUT2D eigenvalue weighted by molar-refractivity contribution is 7.92. The highest BCUT2D eigenvalue weighted by atomic mass is 32.2. The topological polar surface area (TPSA) is 95.6 Å². The molecule has 2 aromatic carbocycles. The monoisotopic (exact) mass is 415 g/mol. The van der Waals surface area contributed by atoms with E-state index in [0.29, 0.717) is 24.5 Å². The van der Waals surface area contributed by atoms with Gasteiger partial charge >= 0.3 is 11.8 Å². The van der Waals surface area contributed by atoms with Crippen molar-refractivity contribution in [2.45, 2.75) is 25.7 Å². The van der Waals surface area contributed by atoms with Crippen LogP contribution in [0.15, 0.2) is 48.5 Å². The van der Waals surface area contributed by atoms with Crippen LogP contribution in [0.5, 0.6) is 0 Å². The van der Waals surface area contributed by atoms with Crippen molar-refractivity contribution >= 4 is 33.2 Å². The quantitative estimate of drug-likeness (QED) is 0.558. The Balaban J connectivity index is 1.55. The van der Waals surface area contributed by atoms with E-state index in [1.807, 2.05) is 30.3 Å². The fourth-order valence-corrected chi connectivity index (χ4v) is 4.36. The Morgan fingerprint density at radius 3 is 2.55 bits per heavy atom. The molecule has 0 saturated carbocycles. The minimum atomic E-state index is -3.40. The van der Waals surface area contributed by atoms with Crippen molar-refractivity contribution < 1.29 is 18.0 Å². The number of fused-ring (bicyclic) bond motifs is 1. The molecule has 0 saturated heterocycles. The van der Waals surface area contributed by atoms with E-state index in [2.05, 4.69) is 10.6 Å². The van der Waals surface area contributed by atoms with Crippen LogP contribution in [0.2, 0.25) is 0 Å². The molecule has 0 radical (unpaired) electrons. The Labute approximate surface area is 171 Å². The summed E-state index contributed by atoms with van der Waals surface area (Å²) in [7, 11) is -3.40. The van der Waals surface area contributed by atoms with Gasteiger partial charge < -0.3 is 10.6 Å². The van der Waals surface area contributed by atoms with Gasteiger partial charge in [0.05, 0.1) is 11.9 Å². The summed E-state index contributed by atoms with van der Waals surface area (Å²) in [6, 6.07) is 15.0. The molecule has 154 valence electrons. The smallest absolute Gasteiger partial charge is 0.313 e. The number of benzene rings is 2. The second-order valence-corrected chi connectivity index (χ2v) is 8.99. The first-order chi connectivity index (χ1) is 13.8. The van der Waals surface area contributed by atoms with Crippen molar-refractivity contribution in [1.82, 2.24) is 5.32 Å². The molecule has 1 heterocycles. The zero-order chi connectivity index (χ0) is 20.9. The molecule has 0 aliphatic carbocycles. The molecule has 0 aromatic heterocycles. The molecule has 0 unspecified atom stereocenters. The second kappa shape index (κ2) is 9.09. The lowest BCUT2D eigenvalue weighted by Crippen LogP contribution is -2.36. The number of nitrogens with zero attached hydrogens (tertiary/aromatic N) is 1. The minimum Gasteiger partial charge on any atom is -0.348 e. The standard InChI is InChI=1S/C21H25N3O4S/c1-29(27,28)24-14-6-10-17-11-12-18(15-19(17)24)23-21(26)20(25)22-13-5-9-16-7-3-2-4-8-16/h2-4,7-8,11-12,15H,5-6,9-10,13-14H2,1H3,(H,22,25)(H,23,26). The number of rotatable bonds is 6. The molecule has 2 aromatic rings. The second-order valence-electron chi connectivity index (χ2n) is 7.08. The first kappa shape index (κ1) is 20.9. The van der Waals surface area contributed by atoms with Gasteiger partial charge in [-0.25, -0.2) is 8.42 Å². The van der Waals surface area contributed by atoms with E-state index in [-0.39, 0.29) is 0 Å². The SMILES string of the molecule is CS(=O)(=O)N1CCCc2ccc(NC(=O)C(=O)NCCCc3ccccc3)cc21. The van der Waals surface area contributed by atoms with Crippen molar-refractivity contribution in [3.05, 3.63) is 59.7 Å². The predicted molar refractivity (Wildman–Crippen MR) is 113 cm³/mol. The molecule has 3 rings (SSSR count). The number of carbonyl (C=O) groups is 2. The summed E-state index contributed by atoms with van der Waals surface area (Å²) < 4.78 is 25.4. The molecule has 0 fully saturated rings. The predicted octanol–water partition coefficient (Wildman–Crippen LogP) is 2.09. The molecule has 29 heavy (non-hydrogen) atoms. The Morgan fingerprint density at radius 2 is 1.83 bits per heavy atom. The van der Waals surface area contributed by atoms with Crippen molar-refractivity contribution in [3.8, 4) is 0 Å². The Bertz CT molecular complexity index is 990.